The van der Waals surface area contributed by atoms with E-state index in [1.54, 1.807) is 0 Å². The van der Waals surface area contributed by atoms with Gasteiger partial charge < -0.3 is 5.32 Å². The molecule has 1 fully saturated rings. The molecule has 1 saturated carbocycles. The van der Waals surface area contributed by atoms with Crippen molar-refractivity contribution in [1.29, 1.82) is 0 Å². The van der Waals surface area contributed by atoms with Crippen LogP contribution in [0.15, 0.2) is 30.3 Å². The molecule has 1 aromatic carbocycles. The van der Waals surface area contributed by atoms with Crippen LogP contribution >= 0.6 is 0 Å². The van der Waals surface area contributed by atoms with E-state index in [1.807, 2.05) is 7.05 Å². The zero-order valence-corrected chi connectivity index (χ0v) is 13.4. The first-order valence-electron chi connectivity index (χ1n) is 8.06. The normalized spacial score (nSPS) is 26.9. The summed E-state index contributed by atoms with van der Waals surface area (Å²) in [6, 6.07) is 11.1. The van der Waals surface area contributed by atoms with E-state index in [0.29, 0.717) is 0 Å². The molecule has 0 radical (unpaired) electrons. The maximum absolute atomic E-state index is 3.26. The van der Waals surface area contributed by atoms with Crippen molar-refractivity contribution in [3.8, 4) is 0 Å². The summed E-state index contributed by atoms with van der Waals surface area (Å²) < 4.78 is 0. The van der Waals surface area contributed by atoms with Crippen LogP contribution in [0.2, 0.25) is 0 Å². The third-order valence-electron chi connectivity index (χ3n) is 5.14. The van der Waals surface area contributed by atoms with Gasteiger partial charge in [-0.05, 0) is 77.7 Å². The zero-order chi connectivity index (χ0) is 14.4. The number of benzene rings is 1. The number of rotatable bonds is 6. The fourth-order valence-corrected chi connectivity index (χ4v) is 3.75. The molecule has 0 unspecified atom stereocenters. The quantitative estimate of drug-likeness (QED) is 0.797. The average Bonchev–Trinajstić information content (AvgIpc) is 2.49. The lowest BCUT2D eigenvalue weighted by Crippen LogP contribution is -2.44. The lowest BCUT2D eigenvalue weighted by atomic mass is 9.71. The molecule has 1 aromatic rings. The van der Waals surface area contributed by atoms with E-state index < -0.39 is 0 Å². The van der Waals surface area contributed by atoms with Gasteiger partial charge in [0.05, 0.1) is 0 Å². The van der Waals surface area contributed by atoms with Gasteiger partial charge in [-0.25, -0.2) is 0 Å². The smallest absolute Gasteiger partial charge is 0.0455 e. The molecular formula is C18H30N2. The Kier molecular flexibility index (Phi) is 5.62. The first kappa shape index (κ1) is 15.5. The van der Waals surface area contributed by atoms with Crippen LogP contribution < -0.4 is 5.32 Å². The maximum Gasteiger partial charge on any atom is 0.0455 e. The summed E-state index contributed by atoms with van der Waals surface area (Å²) in [6.45, 7) is 1.16. The molecule has 1 N–H and O–H groups in total. The Morgan fingerprint density at radius 2 is 1.80 bits per heavy atom. The highest BCUT2D eigenvalue weighted by molar-refractivity contribution is 5.25. The predicted molar refractivity (Wildman–Crippen MR) is 86.9 cm³/mol. The molecule has 0 aliphatic heterocycles. The van der Waals surface area contributed by atoms with Gasteiger partial charge in [-0.1, -0.05) is 30.3 Å². The van der Waals surface area contributed by atoms with Crippen molar-refractivity contribution in [1.82, 2.24) is 10.2 Å². The molecule has 112 valence electrons. The molecular weight excluding hydrogens is 244 g/mol. The Bertz CT molecular complexity index is 378. The summed E-state index contributed by atoms with van der Waals surface area (Å²) in [5, 5.41) is 3.26. The summed E-state index contributed by atoms with van der Waals surface area (Å²) in [5.74, 6) is 0.931. The minimum absolute atomic E-state index is 0.265. The van der Waals surface area contributed by atoms with E-state index in [2.05, 4.69) is 54.6 Å². The highest BCUT2D eigenvalue weighted by Crippen LogP contribution is 2.43. The summed E-state index contributed by atoms with van der Waals surface area (Å²) in [7, 11) is 6.54. The molecule has 0 amide bonds. The van der Waals surface area contributed by atoms with Crippen LogP contribution in [0.4, 0.5) is 0 Å². The lowest BCUT2D eigenvalue weighted by Gasteiger charge is -2.45. The fraction of sp³-hybridized carbons (Fsp3) is 0.667. The van der Waals surface area contributed by atoms with E-state index in [4.69, 9.17) is 0 Å². The minimum atomic E-state index is 0.265. The predicted octanol–water partition coefficient (Wildman–Crippen LogP) is 3.63. The molecule has 0 atom stereocenters. The maximum atomic E-state index is 3.26. The first-order valence-corrected chi connectivity index (χ1v) is 8.06. The van der Waals surface area contributed by atoms with E-state index in [-0.39, 0.29) is 5.54 Å². The van der Waals surface area contributed by atoms with Crippen molar-refractivity contribution < 1.29 is 0 Å². The van der Waals surface area contributed by atoms with Gasteiger partial charge in [0.2, 0.25) is 0 Å². The number of nitrogens with one attached hydrogen (secondary N) is 1. The second-order valence-electron chi connectivity index (χ2n) is 6.48. The standard InChI is InChI=1S/C18H30N2/c1-19-15-7-8-16-11-13-18(14-12-16,20(2)3)17-9-5-4-6-10-17/h4-6,9-10,16,19H,7-8,11-15H2,1-3H3. The highest BCUT2D eigenvalue weighted by atomic mass is 15.1. The van der Waals surface area contributed by atoms with Gasteiger partial charge in [0.25, 0.3) is 0 Å². The molecule has 0 spiro atoms. The molecule has 1 aliphatic rings. The third-order valence-corrected chi connectivity index (χ3v) is 5.14. The van der Waals surface area contributed by atoms with Crippen LogP contribution in [0.3, 0.4) is 0 Å². The van der Waals surface area contributed by atoms with Crippen molar-refractivity contribution >= 4 is 0 Å². The largest absolute Gasteiger partial charge is 0.320 e. The topological polar surface area (TPSA) is 15.3 Å². The minimum Gasteiger partial charge on any atom is -0.320 e. The van der Waals surface area contributed by atoms with Crippen molar-refractivity contribution in [3.63, 3.8) is 0 Å². The average molecular weight is 274 g/mol. The van der Waals surface area contributed by atoms with E-state index in [1.165, 1.54) is 44.1 Å². The number of hydrogen-bond acceptors (Lipinski definition) is 2. The molecule has 20 heavy (non-hydrogen) atoms. The van der Waals surface area contributed by atoms with E-state index in [9.17, 15) is 0 Å². The van der Waals surface area contributed by atoms with Gasteiger partial charge in [-0.3, -0.25) is 4.90 Å². The number of nitrogens with zero attached hydrogens (tertiary/aromatic N) is 1. The van der Waals surface area contributed by atoms with Gasteiger partial charge in [-0.15, -0.1) is 0 Å². The Labute approximate surface area is 124 Å². The van der Waals surface area contributed by atoms with Crippen LogP contribution in [0.5, 0.6) is 0 Å². The van der Waals surface area contributed by atoms with Crippen molar-refractivity contribution in [2.45, 2.75) is 44.1 Å². The Hall–Kier alpha value is -0.860. The van der Waals surface area contributed by atoms with E-state index in [0.717, 1.165) is 12.5 Å². The molecule has 2 nitrogen and oxygen atoms in total. The SMILES string of the molecule is CNCCCC1CCC(c2ccccc2)(N(C)C)CC1. The van der Waals surface area contributed by atoms with Gasteiger partial charge in [-0.2, -0.15) is 0 Å². The van der Waals surface area contributed by atoms with Crippen LogP contribution in [-0.2, 0) is 5.54 Å². The van der Waals surface area contributed by atoms with Crippen LogP contribution in [0, 0.1) is 5.92 Å². The Morgan fingerprint density at radius 3 is 2.35 bits per heavy atom. The second-order valence-corrected chi connectivity index (χ2v) is 6.48. The van der Waals surface area contributed by atoms with Crippen LogP contribution in [0.1, 0.15) is 44.1 Å². The zero-order valence-electron chi connectivity index (χ0n) is 13.4. The van der Waals surface area contributed by atoms with Crippen LogP contribution in [0.25, 0.3) is 0 Å². The lowest BCUT2D eigenvalue weighted by molar-refractivity contribution is 0.0748. The Morgan fingerprint density at radius 1 is 1.15 bits per heavy atom. The van der Waals surface area contributed by atoms with Gasteiger partial charge in [0.1, 0.15) is 0 Å². The van der Waals surface area contributed by atoms with E-state index >= 15 is 0 Å². The van der Waals surface area contributed by atoms with Crippen molar-refractivity contribution in [2.75, 3.05) is 27.7 Å². The van der Waals surface area contributed by atoms with Crippen molar-refractivity contribution in [3.05, 3.63) is 35.9 Å². The molecule has 0 heterocycles. The highest BCUT2D eigenvalue weighted by Gasteiger charge is 2.38. The summed E-state index contributed by atoms with van der Waals surface area (Å²) >= 11 is 0. The molecule has 2 heteroatoms. The van der Waals surface area contributed by atoms with Crippen LogP contribution in [-0.4, -0.2) is 32.6 Å². The Balaban J connectivity index is 2.00. The summed E-state index contributed by atoms with van der Waals surface area (Å²) in [4.78, 5) is 2.45. The monoisotopic (exact) mass is 274 g/mol. The first-order chi connectivity index (χ1) is 9.69. The van der Waals surface area contributed by atoms with Gasteiger partial charge >= 0.3 is 0 Å². The third kappa shape index (κ3) is 3.42. The molecule has 1 aliphatic carbocycles. The van der Waals surface area contributed by atoms with Crippen molar-refractivity contribution in [2.24, 2.45) is 5.92 Å². The fourth-order valence-electron chi connectivity index (χ4n) is 3.75. The number of hydrogen-bond donors (Lipinski definition) is 1. The molecule has 2 rings (SSSR count). The van der Waals surface area contributed by atoms with Gasteiger partial charge in [0, 0.05) is 5.54 Å². The summed E-state index contributed by atoms with van der Waals surface area (Å²) in [5.41, 5.74) is 1.76. The second kappa shape index (κ2) is 7.24. The molecule has 0 saturated heterocycles. The van der Waals surface area contributed by atoms with Gasteiger partial charge in [0.15, 0.2) is 0 Å². The molecule has 0 aromatic heterocycles. The molecule has 0 bridgehead atoms. The summed E-state index contributed by atoms with van der Waals surface area (Å²) in [6.07, 6.45) is 8.05.